The zero-order valence-electron chi connectivity index (χ0n) is 53.6. The van der Waals surface area contributed by atoms with Crippen LogP contribution in [0.25, 0.3) is 0 Å². The summed E-state index contributed by atoms with van der Waals surface area (Å²) in [6.07, 6.45) is 75.4. The van der Waals surface area contributed by atoms with Crippen molar-refractivity contribution in [3.63, 3.8) is 0 Å². The Kier molecular flexibility index (Phi) is 58.8. The molecule has 1 aliphatic heterocycles. The van der Waals surface area contributed by atoms with Crippen LogP contribution in [-0.2, 0) is 14.3 Å². The molecule has 1 rings (SSSR count). The summed E-state index contributed by atoms with van der Waals surface area (Å²) in [5, 5.41) is 54.8. The molecule has 0 radical (unpaired) electrons. The van der Waals surface area contributed by atoms with Crippen molar-refractivity contribution in [2.24, 2.45) is 0 Å². The third-order valence-corrected chi connectivity index (χ3v) is 17.2. The molecule has 1 aliphatic rings. The molecule has 0 bridgehead atoms. The van der Waals surface area contributed by atoms with Gasteiger partial charge in [-0.1, -0.05) is 339 Å². The monoisotopic (exact) mass is 1140 g/mol. The predicted octanol–water partition coefficient (Wildman–Crippen LogP) is 19.4. The van der Waals surface area contributed by atoms with Crippen LogP contribution >= 0.6 is 0 Å². The van der Waals surface area contributed by atoms with E-state index in [0.717, 1.165) is 44.9 Å². The predicted molar refractivity (Wildman–Crippen MR) is 346 cm³/mol. The fourth-order valence-corrected chi connectivity index (χ4v) is 11.6. The van der Waals surface area contributed by atoms with Crippen LogP contribution in [0.15, 0.2) is 36.5 Å². The highest BCUT2D eigenvalue weighted by Crippen LogP contribution is 2.23. The van der Waals surface area contributed by atoms with Crippen molar-refractivity contribution in [3.8, 4) is 0 Å². The number of hydrogen-bond acceptors (Lipinski definition) is 8. The lowest BCUT2D eigenvalue weighted by Gasteiger charge is -2.40. The van der Waals surface area contributed by atoms with Gasteiger partial charge in [0.05, 0.1) is 25.4 Å². The maximum Gasteiger partial charge on any atom is 0.220 e. The zero-order chi connectivity index (χ0) is 58.6. The minimum absolute atomic E-state index is 0.169. The number of hydrogen-bond donors (Lipinski definition) is 6. The van der Waals surface area contributed by atoms with Gasteiger partial charge in [0.2, 0.25) is 5.91 Å². The highest BCUT2D eigenvalue weighted by atomic mass is 16.7. The van der Waals surface area contributed by atoms with Gasteiger partial charge in [-0.15, -0.1) is 0 Å². The molecule has 6 N–H and O–H groups in total. The van der Waals surface area contributed by atoms with E-state index in [1.54, 1.807) is 6.08 Å². The molecular formula is C72H137NO8. The number of aliphatic hydroxyl groups is 5. The topological polar surface area (TPSA) is 149 Å². The van der Waals surface area contributed by atoms with Gasteiger partial charge in [-0.2, -0.15) is 0 Å². The molecule has 0 aromatic rings. The van der Waals surface area contributed by atoms with Gasteiger partial charge >= 0.3 is 0 Å². The van der Waals surface area contributed by atoms with Gasteiger partial charge in [0.15, 0.2) is 6.29 Å². The van der Waals surface area contributed by atoms with Crippen LogP contribution in [0.2, 0.25) is 0 Å². The smallest absolute Gasteiger partial charge is 0.220 e. The van der Waals surface area contributed by atoms with E-state index < -0.39 is 49.5 Å². The van der Waals surface area contributed by atoms with Gasteiger partial charge in [0, 0.05) is 6.42 Å². The molecule has 1 saturated heterocycles. The maximum absolute atomic E-state index is 13.1. The fourth-order valence-electron chi connectivity index (χ4n) is 11.6. The van der Waals surface area contributed by atoms with Crippen molar-refractivity contribution in [1.82, 2.24) is 5.32 Å². The van der Waals surface area contributed by atoms with E-state index in [9.17, 15) is 30.3 Å². The first-order chi connectivity index (χ1) is 39.8. The van der Waals surface area contributed by atoms with Crippen LogP contribution in [-0.4, -0.2) is 87.5 Å². The van der Waals surface area contributed by atoms with Gasteiger partial charge in [-0.05, 0) is 51.4 Å². The SMILES string of the molecule is CCCCCCC/C=C\C/C=C\CCCCCCCCCCCCCCCCCCCCCC(=O)NC(COC1OC(CO)C(O)C(O)C1O)C(O)/C=C/CCCCCCCCCCCCCCCCCCCCCCCCCCC. The number of unbranched alkanes of at least 4 members (excludes halogenated alkanes) is 49. The number of amides is 1. The summed E-state index contributed by atoms with van der Waals surface area (Å²) >= 11 is 0. The number of carbonyl (C=O) groups is 1. The highest BCUT2D eigenvalue weighted by Gasteiger charge is 2.44. The van der Waals surface area contributed by atoms with Crippen LogP contribution < -0.4 is 5.32 Å². The zero-order valence-corrected chi connectivity index (χ0v) is 53.6. The average Bonchev–Trinajstić information content (AvgIpc) is 3.47. The summed E-state index contributed by atoms with van der Waals surface area (Å²) in [5.74, 6) is -0.169. The minimum Gasteiger partial charge on any atom is -0.394 e. The Hall–Kier alpha value is -1.59. The van der Waals surface area contributed by atoms with Crippen molar-refractivity contribution >= 4 is 5.91 Å². The van der Waals surface area contributed by atoms with Crippen molar-refractivity contribution in [2.45, 2.75) is 403 Å². The fraction of sp³-hybridized carbons (Fsp3) is 0.903. The van der Waals surface area contributed by atoms with Crippen LogP contribution in [0.1, 0.15) is 361 Å². The van der Waals surface area contributed by atoms with Gasteiger partial charge < -0.3 is 40.3 Å². The molecule has 9 nitrogen and oxygen atoms in total. The Morgan fingerprint density at radius 3 is 1.06 bits per heavy atom. The Morgan fingerprint density at radius 2 is 0.728 bits per heavy atom. The summed E-state index contributed by atoms with van der Waals surface area (Å²) in [5.41, 5.74) is 0. The molecule has 0 aromatic carbocycles. The second-order valence-electron chi connectivity index (χ2n) is 25.0. The van der Waals surface area contributed by atoms with Crippen molar-refractivity contribution in [3.05, 3.63) is 36.5 Å². The number of allylic oxidation sites excluding steroid dienone is 5. The Bertz CT molecular complexity index is 1370. The van der Waals surface area contributed by atoms with Gasteiger partial charge in [-0.3, -0.25) is 4.79 Å². The van der Waals surface area contributed by atoms with Gasteiger partial charge in [-0.25, -0.2) is 0 Å². The number of aliphatic hydroxyl groups excluding tert-OH is 5. The molecular weight excluding hydrogens is 1010 g/mol. The standard InChI is InChI=1S/C72H137NO8/c1-3-5-7-9-11-13-15-17-19-21-23-25-27-29-31-32-33-34-36-38-40-42-44-46-48-50-52-54-56-58-60-62-68(76)73-65(64-80-72-71(79)70(78)69(77)67(63-74)81-72)66(75)61-59-57-55-53-51-49-47-45-43-41-39-37-35-30-28-26-24-22-20-18-16-14-12-10-8-6-4-2/h15,17,21,23,59,61,65-67,69-72,74-75,77-79H,3-14,16,18-20,22,24-58,60,62-64H2,1-2H3,(H,73,76)/b17-15-,23-21-,61-59+. The summed E-state index contributed by atoms with van der Waals surface area (Å²) in [4.78, 5) is 13.1. The van der Waals surface area contributed by atoms with Gasteiger partial charge in [0.25, 0.3) is 0 Å². The van der Waals surface area contributed by atoms with Crippen LogP contribution in [0.5, 0.6) is 0 Å². The molecule has 0 aliphatic carbocycles. The quantitative estimate of drug-likeness (QED) is 0.0261. The van der Waals surface area contributed by atoms with Crippen molar-refractivity contribution in [1.29, 1.82) is 0 Å². The highest BCUT2D eigenvalue weighted by molar-refractivity contribution is 5.76. The molecule has 7 atom stereocenters. The van der Waals surface area contributed by atoms with Crippen LogP contribution in [0.3, 0.4) is 0 Å². The first-order valence-corrected chi connectivity index (χ1v) is 35.7. The molecule has 1 heterocycles. The molecule has 0 aromatic heterocycles. The van der Waals surface area contributed by atoms with Crippen LogP contribution in [0, 0.1) is 0 Å². The largest absolute Gasteiger partial charge is 0.394 e. The molecule has 0 saturated carbocycles. The third kappa shape index (κ3) is 50.3. The van der Waals surface area contributed by atoms with E-state index in [2.05, 4.69) is 43.5 Å². The van der Waals surface area contributed by atoms with Crippen molar-refractivity contribution < 1.29 is 39.8 Å². The Labute approximate surface area is 501 Å². The van der Waals surface area contributed by atoms with E-state index in [1.165, 1.54) is 295 Å². The molecule has 478 valence electrons. The summed E-state index contributed by atoms with van der Waals surface area (Å²) in [7, 11) is 0. The van der Waals surface area contributed by atoms with E-state index in [0.29, 0.717) is 6.42 Å². The number of ether oxygens (including phenoxy) is 2. The van der Waals surface area contributed by atoms with Crippen LogP contribution in [0.4, 0.5) is 0 Å². The second-order valence-corrected chi connectivity index (χ2v) is 25.0. The summed E-state index contributed by atoms with van der Waals surface area (Å²) in [6, 6.07) is -0.805. The summed E-state index contributed by atoms with van der Waals surface area (Å²) < 4.78 is 11.3. The molecule has 9 heteroatoms. The van der Waals surface area contributed by atoms with E-state index >= 15 is 0 Å². The lowest BCUT2D eigenvalue weighted by Crippen LogP contribution is -2.60. The maximum atomic E-state index is 13.1. The van der Waals surface area contributed by atoms with E-state index in [-0.39, 0.29) is 12.5 Å². The minimum atomic E-state index is -1.57. The number of rotatable bonds is 63. The third-order valence-electron chi connectivity index (χ3n) is 17.2. The van der Waals surface area contributed by atoms with E-state index in [1.807, 2.05) is 6.08 Å². The van der Waals surface area contributed by atoms with Gasteiger partial charge in [0.1, 0.15) is 24.4 Å². The average molecular weight is 1140 g/mol. The second kappa shape index (κ2) is 61.5. The molecule has 1 fully saturated rings. The number of carbonyl (C=O) groups excluding carboxylic acids is 1. The Morgan fingerprint density at radius 1 is 0.420 bits per heavy atom. The lowest BCUT2D eigenvalue weighted by atomic mass is 9.99. The normalized spacial score (nSPS) is 18.5. The molecule has 1 amide bonds. The molecule has 81 heavy (non-hydrogen) atoms. The lowest BCUT2D eigenvalue weighted by molar-refractivity contribution is -0.302. The molecule has 0 spiro atoms. The van der Waals surface area contributed by atoms with Crippen molar-refractivity contribution in [2.75, 3.05) is 13.2 Å². The Balaban J connectivity index is 2.12. The first-order valence-electron chi connectivity index (χ1n) is 35.7. The van der Waals surface area contributed by atoms with E-state index in [4.69, 9.17) is 9.47 Å². The molecule has 7 unspecified atom stereocenters. The number of nitrogens with one attached hydrogen (secondary N) is 1. The first kappa shape index (κ1) is 77.4. The summed E-state index contributed by atoms with van der Waals surface area (Å²) in [6.45, 7) is 3.82.